The molecule has 0 aromatic rings. The number of halogens is 1. The van der Waals surface area contributed by atoms with Crippen molar-refractivity contribution in [2.75, 3.05) is 27.2 Å². The summed E-state index contributed by atoms with van der Waals surface area (Å²) in [6.45, 7) is 5.69. The first-order valence-electron chi connectivity index (χ1n) is 4.31. The van der Waals surface area contributed by atoms with Gasteiger partial charge in [0.25, 0.3) is 0 Å². The van der Waals surface area contributed by atoms with Crippen LogP contribution >= 0.6 is 12.4 Å². The Morgan fingerprint density at radius 2 is 2.00 bits per heavy atom. The average Bonchev–Trinajstić information content (AvgIpc) is 2.00. The minimum Gasteiger partial charge on any atom is -0.468 e. The molecular formula is C9H20ClNO2. The highest BCUT2D eigenvalue weighted by Crippen LogP contribution is 2.00. The zero-order valence-corrected chi connectivity index (χ0v) is 9.69. The summed E-state index contributed by atoms with van der Waals surface area (Å²) in [5.74, 6) is 0.520. The number of carbonyl (C=O) groups is 1. The predicted octanol–water partition coefficient (Wildman–Crippen LogP) is 1.56. The molecule has 80 valence electrons. The maximum absolute atomic E-state index is 10.8. The molecular weight excluding hydrogens is 190 g/mol. The van der Waals surface area contributed by atoms with Gasteiger partial charge in [-0.25, -0.2) is 0 Å². The number of esters is 1. The van der Waals surface area contributed by atoms with Crippen LogP contribution in [-0.4, -0.2) is 38.1 Å². The number of nitrogens with zero attached hydrogens (tertiary/aromatic N) is 1. The molecule has 0 aliphatic rings. The number of ether oxygens (including phenoxy) is 1. The summed E-state index contributed by atoms with van der Waals surface area (Å²) >= 11 is 0. The second-order valence-electron chi connectivity index (χ2n) is 3.50. The standard InChI is InChI=1S/C9H19NO2.ClH/c1-8(2)5-6-10(3)7-9(11)12-4;/h8H,5-7H2,1-4H3;1H. The van der Waals surface area contributed by atoms with Crippen molar-refractivity contribution < 1.29 is 9.53 Å². The van der Waals surface area contributed by atoms with Crippen LogP contribution in [0.4, 0.5) is 0 Å². The van der Waals surface area contributed by atoms with Crippen LogP contribution in [-0.2, 0) is 9.53 Å². The summed E-state index contributed by atoms with van der Waals surface area (Å²) in [6, 6.07) is 0. The van der Waals surface area contributed by atoms with Gasteiger partial charge in [-0.1, -0.05) is 13.8 Å². The first kappa shape index (κ1) is 15.2. The van der Waals surface area contributed by atoms with E-state index in [1.54, 1.807) is 0 Å². The molecule has 3 nitrogen and oxygen atoms in total. The maximum atomic E-state index is 10.8. The Labute approximate surface area is 86.8 Å². The Balaban J connectivity index is 0. The number of rotatable bonds is 5. The van der Waals surface area contributed by atoms with E-state index in [0.29, 0.717) is 12.5 Å². The Hall–Kier alpha value is -0.280. The third-order valence-corrected chi connectivity index (χ3v) is 1.71. The first-order valence-corrected chi connectivity index (χ1v) is 4.31. The van der Waals surface area contributed by atoms with Crippen molar-refractivity contribution in [1.82, 2.24) is 4.90 Å². The Bertz CT molecular complexity index is 140. The van der Waals surface area contributed by atoms with E-state index in [2.05, 4.69) is 18.6 Å². The van der Waals surface area contributed by atoms with Gasteiger partial charge in [-0.2, -0.15) is 0 Å². The lowest BCUT2D eigenvalue weighted by atomic mass is 10.1. The highest BCUT2D eigenvalue weighted by molar-refractivity contribution is 5.85. The van der Waals surface area contributed by atoms with Crippen molar-refractivity contribution >= 4 is 18.4 Å². The molecule has 0 bridgehead atoms. The highest BCUT2D eigenvalue weighted by Gasteiger charge is 2.05. The molecule has 0 rings (SSSR count). The van der Waals surface area contributed by atoms with Crippen LogP contribution in [0.1, 0.15) is 20.3 Å². The van der Waals surface area contributed by atoms with E-state index in [0.717, 1.165) is 13.0 Å². The van der Waals surface area contributed by atoms with Crippen molar-refractivity contribution in [3.05, 3.63) is 0 Å². The molecule has 4 heteroatoms. The van der Waals surface area contributed by atoms with Crippen molar-refractivity contribution in [2.24, 2.45) is 5.92 Å². The monoisotopic (exact) mass is 209 g/mol. The van der Waals surface area contributed by atoms with E-state index in [4.69, 9.17) is 0 Å². The summed E-state index contributed by atoms with van der Waals surface area (Å²) in [6.07, 6.45) is 1.12. The fourth-order valence-electron chi connectivity index (χ4n) is 0.843. The van der Waals surface area contributed by atoms with Gasteiger partial charge in [0.15, 0.2) is 0 Å². The van der Waals surface area contributed by atoms with Crippen LogP contribution in [0, 0.1) is 5.92 Å². The van der Waals surface area contributed by atoms with Gasteiger partial charge in [0.1, 0.15) is 0 Å². The average molecular weight is 210 g/mol. The second-order valence-corrected chi connectivity index (χ2v) is 3.50. The molecule has 0 aliphatic carbocycles. The zero-order valence-electron chi connectivity index (χ0n) is 8.87. The number of carbonyl (C=O) groups excluding carboxylic acids is 1. The summed E-state index contributed by atoms with van der Waals surface area (Å²) in [4.78, 5) is 12.8. The van der Waals surface area contributed by atoms with Gasteiger partial charge in [0.05, 0.1) is 13.7 Å². The van der Waals surface area contributed by atoms with E-state index in [1.807, 2.05) is 11.9 Å². The molecule has 0 saturated heterocycles. The molecule has 0 atom stereocenters. The molecule has 0 N–H and O–H groups in total. The van der Waals surface area contributed by atoms with Crippen LogP contribution in [0.3, 0.4) is 0 Å². The molecule has 13 heavy (non-hydrogen) atoms. The minimum atomic E-state index is -0.166. The molecule has 0 aliphatic heterocycles. The van der Waals surface area contributed by atoms with Gasteiger partial charge >= 0.3 is 5.97 Å². The lowest BCUT2D eigenvalue weighted by molar-refractivity contribution is -0.141. The van der Waals surface area contributed by atoms with Crippen molar-refractivity contribution in [3.63, 3.8) is 0 Å². The Morgan fingerprint density at radius 1 is 1.46 bits per heavy atom. The lowest BCUT2D eigenvalue weighted by Gasteiger charge is -2.15. The van der Waals surface area contributed by atoms with E-state index in [-0.39, 0.29) is 18.4 Å². The van der Waals surface area contributed by atoms with Crippen LogP contribution in [0.25, 0.3) is 0 Å². The van der Waals surface area contributed by atoms with Gasteiger partial charge in [-0.15, -0.1) is 12.4 Å². The lowest BCUT2D eigenvalue weighted by Crippen LogP contribution is -2.28. The van der Waals surface area contributed by atoms with E-state index < -0.39 is 0 Å². The highest BCUT2D eigenvalue weighted by atomic mass is 35.5. The molecule has 0 saturated carbocycles. The van der Waals surface area contributed by atoms with E-state index in [1.165, 1.54) is 7.11 Å². The van der Waals surface area contributed by atoms with Crippen LogP contribution in [0.2, 0.25) is 0 Å². The normalized spacial score (nSPS) is 10.0. The first-order chi connectivity index (χ1) is 5.56. The van der Waals surface area contributed by atoms with Gasteiger partial charge in [0.2, 0.25) is 0 Å². The Morgan fingerprint density at radius 3 is 2.38 bits per heavy atom. The minimum absolute atomic E-state index is 0. The topological polar surface area (TPSA) is 29.5 Å². The number of hydrogen-bond donors (Lipinski definition) is 0. The summed E-state index contributed by atoms with van der Waals surface area (Å²) in [5.41, 5.74) is 0. The summed E-state index contributed by atoms with van der Waals surface area (Å²) < 4.78 is 4.55. The van der Waals surface area contributed by atoms with Crippen LogP contribution < -0.4 is 0 Å². The number of likely N-dealkylation sites (N-methyl/N-ethyl adjacent to an activating group) is 1. The number of hydrogen-bond acceptors (Lipinski definition) is 3. The third-order valence-electron chi connectivity index (χ3n) is 1.71. The zero-order chi connectivity index (χ0) is 9.56. The fourth-order valence-corrected chi connectivity index (χ4v) is 0.843. The largest absolute Gasteiger partial charge is 0.468 e. The maximum Gasteiger partial charge on any atom is 0.319 e. The molecule has 0 fully saturated rings. The molecule has 0 unspecified atom stereocenters. The molecule has 0 spiro atoms. The van der Waals surface area contributed by atoms with Gasteiger partial charge < -0.3 is 4.74 Å². The third kappa shape index (κ3) is 9.64. The predicted molar refractivity (Wildman–Crippen MR) is 56.2 cm³/mol. The molecule has 0 amide bonds. The quantitative estimate of drug-likeness (QED) is 0.644. The van der Waals surface area contributed by atoms with E-state index in [9.17, 15) is 4.79 Å². The van der Waals surface area contributed by atoms with Gasteiger partial charge in [-0.05, 0) is 25.9 Å². The molecule has 0 aromatic carbocycles. The van der Waals surface area contributed by atoms with Gasteiger partial charge in [0, 0.05) is 0 Å². The summed E-state index contributed by atoms with van der Waals surface area (Å²) in [5, 5.41) is 0. The van der Waals surface area contributed by atoms with E-state index >= 15 is 0 Å². The van der Waals surface area contributed by atoms with Crippen molar-refractivity contribution in [3.8, 4) is 0 Å². The molecule has 0 heterocycles. The summed E-state index contributed by atoms with van der Waals surface area (Å²) in [7, 11) is 3.35. The molecule has 0 aromatic heterocycles. The van der Waals surface area contributed by atoms with Gasteiger partial charge in [-0.3, -0.25) is 9.69 Å². The Kier molecular flexibility index (Phi) is 9.74. The van der Waals surface area contributed by atoms with Crippen molar-refractivity contribution in [1.29, 1.82) is 0 Å². The fraction of sp³-hybridized carbons (Fsp3) is 0.889. The smallest absolute Gasteiger partial charge is 0.319 e. The van der Waals surface area contributed by atoms with Crippen molar-refractivity contribution in [2.45, 2.75) is 20.3 Å². The van der Waals surface area contributed by atoms with Crippen LogP contribution in [0.5, 0.6) is 0 Å². The SMILES string of the molecule is COC(=O)CN(C)CCC(C)C.Cl. The van der Waals surface area contributed by atoms with Crippen LogP contribution in [0.15, 0.2) is 0 Å². The second kappa shape index (κ2) is 8.32. The molecule has 0 radical (unpaired) electrons. The number of methoxy groups -OCH3 is 1.